The number of hydrogen-bond donors (Lipinski definition) is 0. The van der Waals surface area contributed by atoms with Crippen LogP contribution in [0.4, 0.5) is 5.69 Å². The van der Waals surface area contributed by atoms with E-state index in [-0.39, 0.29) is 30.9 Å². The highest BCUT2D eigenvalue weighted by atomic mass is 32.2. The van der Waals surface area contributed by atoms with Gasteiger partial charge in [0.1, 0.15) is 0 Å². The van der Waals surface area contributed by atoms with Gasteiger partial charge in [0.05, 0.1) is 24.9 Å². The lowest BCUT2D eigenvalue weighted by Crippen LogP contribution is -2.48. The molecule has 0 aliphatic carbocycles. The first kappa shape index (κ1) is 22.3. The second-order valence-corrected chi connectivity index (χ2v) is 10.5. The number of benzene rings is 2. The van der Waals surface area contributed by atoms with Crippen LogP contribution in [0.15, 0.2) is 47.4 Å². The van der Waals surface area contributed by atoms with Crippen molar-refractivity contribution in [1.29, 1.82) is 0 Å². The molecule has 0 aromatic heterocycles. The number of anilines is 1. The third-order valence-electron chi connectivity index (χ3n) is 7.05. The Hall–Kier alpha value is -3.20. The van der Waals surface area contributed by atoms with Gasteiger partial charge in [0.2, 0.25) is 5.91 Å². The highest BCUT2D eigenvalue weighted by Crippen LogP contribution is 2.56. The average molecular weight is 495 g/mol. The molecule has 8 nitrogen and oxygen atoms in total. The number of thioether (sulfide) groups is 1. The first-order chi connectivity index (χ1) is 17.1. The van der Waals surface area contributed by atoms with Crippen LogP contribution in [0.1, 0.15) is 43.7 Å². The van der Waals surface area contributed by atoms with Crippen molar-refractivity contribution in [2.75, 3.05) is 31.3 Å². The van der Waals surface area contributed by atoms with Crippen LogP contribution >= 0.6 is 11.8 Å². The van der Waals surface area contributed by atoms with Crippen molar-refractivity contribution in [3.05, 3.63) is 48.0 Å². The molecule has 0 saturated carbocycles. The molecule has 2 aromatic rings. The predicted octanol–water partition coefficient (Wildman–Crippen LogP) is 3.68. The zero-order valence-corrected chi connectivity index (χ0v) is 20.1. The van der Waals surface area contributed by atoms with E-state index >= 15 is 0 Å². The van der Waals surface area contributed by atoms with Crippen LogP contribution in [0.5, 0.6) is 11.5 Å². The topological polar surface area (TPSA) is 85.4 Å². The van der Waals surface area contributed by atoms with Gasteiger partial charge in [-0.3, -0.25) is 14.5 Å². The summed E-state index contributed by atoms with van der Waals surface area (Å²) in [6.07, 6.45) is 3.18. The van der Waals surface area contributed by atoms with Crippen molar-refractivity contribution in [2.45, 2.75) is 47.9 Å². The third-order valence-corrected chi connectivity index (χ3v) is 8.50. The molecule has 2 atom stereocenters. The first-order valence-electron chi connectivity index (χ1n) is 12.0. The van der Waals surface area contributed by atoms with Crippen LogP contribution in [-0.4, -0.2) is 53.9 Å². The number of fused-ring (bicyclic) bond motifs is 4. The van der Waals surface area contributed by atoms with Gasteiger partial charge in [0.25, 0.3) is 5.91 Å². The molecule has 4 aliphatic rings. The fraction of sp³-hybridized carbons (Fsp3) is 0.423. The number of para-hydroxylation sites is 1. The van der Waals surface area contributed by atoms with Gasteiger partial charge in [-0.25, -0.2) is 4.79 Å². The van der Waals surface area contributed by atoms with Crippen molar-refractivity contribution in [1.82, 2.24) is 4.90 Å². The monoisotopic (exact) mass is 494 g/mol. The molecule has 0 N–H and O–H groups in total. The SMILES string of the molecule is O=C(COC(=O)[C@@]12CCC(=O)N1c1ccccc1S2)N1CCC[C@@H]1c1ccc2c(c1)OCCCO2. The standard InChI is InChI=1S/C26H26N2O6S/c29-23-10-11-26(28(23)19-5-1-2-7-22(19)35-26)25(31)34-16-24(30)27-12-3-6-18(27)17-8-9-20-21(15-17)33-14-4-13-32-20/h1-2,5,7-9,15,18H,3-4,6,10-14,16H2/t18-,26+/m1/s1. The Kier molecular flexibility index (Phi) is 5.59. The Labute approximate surface area is 207 Å². The Bertz CT molecular complexity index is 1200. The lowest BCUT2D eigenvalue weighted by atomic mass is 10.0. The van der Waals surface area contributed by atoms with Gasteiger partial charge >= 0.3 is 5.97 Å². The molecule has 4 heterocycles. The van der Waals surface area contributed by atoms with Crippen LogP contribution in [0.2, 0.25) is 0 Å². The second kappa shape index (κ2) is 8.78. The maximum atomic E-state index is 13.3. The molecule has 35 heavy (non-hydrogen) atoms. The second-order valence-electron chi connectivity index (χ2n) is 9.16. The lowest BCUT2D eigenvalue weighted by Gasteiger charge is -2.29. The number of hydrogen-bond acceptors (Lipinski definition) is 7. The smallest absolute Gasteiger partial charge is 0.344 e. The quantitative estimate of drug-likeness (QED) is 0.600. The Morgan fingerprint density at radius 1 is 1.09 bits per heavy atom. The van der Waals surface area contributed by atoms with Crippen LogP contribution in [0.3, 0.4) is 0 Å². The van der Waals surface area contributed by atoms with Crippen molar-refractivity contribution in [3.8, 4) is 11.5 Å². The van der Waals surface area contributed by atoms with E-state index in [1.165, 1.54) is 11.8 Å². The van der Waals surface area contributed by atoms with Crippen molar-refractivity contribution >= 4 is 35.2 Å². The maximum Gasteiger partial charge on any atom is 0.344 e. The zero-order chi connectivity index (χ0) is 24.0. The molecule has 0 bridgehead atoms. The molecule has 6 rings (SSSR count). The number of ether oxygens (including phenoxy) is 3. The molecule has 4 aliphatic heterocycles. The van der Waals surface area contributed by atoms with E-state index in [1.54, 1.807) is 9.80 Å². The fourth-order valence-electron chi connectivity index (χ4n) is 5.39. The Morgan fingerprint density at radius 3 is 2.80 bits per heavy atom. The molecule has 2 aromatic carbocycles. The van der Waals surface area contributed by atoms with E-state index in [2.05, 4.69) is 0 Å². The number of amides is 2. The molecule has 2 amide bonds. The number of esters is 1. The minimum Gasteiger partial charge on any atom is -0.490 e. The van der Waals surface area contributed by atoms with Gasteiger partial charge in [-0.05, 0) is 42.7 Å². The summed E-state index contributed by atoms with van der Waals surface area (Å²) in [5.74, 6) is 0.555. The number of likely N-dealkylation sites (tertiary alicyclic amines) is 1. The van der Waals surface area contributed by atoms with E-state index in [1.807, 2.05) is 42.5 Å². The van der Waals surface area contributed by atoms with Crippen LogP contribution < -0.4 is 14.4 Å². The number of nitrogens with zero attached hydrogens (tertiary/aromatic N) is 2. The summed E-state index contributed by atoms with van der Waals surface area (Å²) in [6.45, 7) is 1.48. The van der Waals surface area contributed by atoms with Crippen LogP contribution in [0.25, 0.3) is 0 Å². The number of rotatable bonds is 4. The summed E-state index contributed by atoms with van der Waals surface area (Å²) in [7, 11) is 0. The molecule has 0 spiro atoms. The lowest BCUT2D eigenvalue weighted by molar-refractivity contribution is -0.154. The van der Waals surface area contributed by atoms with Gasteiger partial charge in [-0.1, -0.05) is 30.0 Å². The highest BCUT2D eigenvalue weighted by Gasteiger charge is 2.58. The summed E-state index contributed by atoms with van der Waals surface area (Å²) in [5.41, 5.74) is 1.72. The molecule has 0 radical (unpaired) electrons. The summed E-state index contributed by atoms with van der Waals surface area (Å²) in [4.78, 5) is 42.1. The highest BCUT2D eigenvalue weighted by molar-refractivity contribution is 8.02. The molecule has 182 valence electrons. The van der Waals surface area contributed by atoms with Gasteiger partial charge in [0.15, 0.2) is 23.0 Å². The van der Waals surface area contributed by atoms with E-state index in [0.717, 1.165) is 41.2 Å². The largest absolute Gasteiger partial charge is 0.490 e. The van der Waals surface area contributed by atoms with Gasteiger partial charge in [0, 0.05) is 30.7 Å². The van der Waals surface area contributed by atoms with E-state index < -0.39 is 10.8 Å². The summed E-state index contributed by atoms with van der Waals surface area (Å²) < 4.78 is 17.1. The minimum atomic E-state index is -1.13. The van der Waals surface area contributed by atoms with E-state index in [4.69, 9.17) is 14.2 Å². The van der Waals surface area contributed by atoms with Crippen molar-refractivity contribution < 1.29 is 28.6 Å². The molecule has 9 heteroatoms. The maximum absolute atomic E-state index is 13.3. The fourth-order valence-corrected chi connectivity index (χ4v) is 6.81. The van der Waals surface area contributed by atoms with E-state index in [0.29, 0.717) is 31.9 Å². The molecule has 2 fully saturated rings. The molecule has 0 unspecified atom stereocenters. The number of carbonyl (C=O) groups is 3. The third kappa shape index (κ3) is 3.73. The zero-order valence-electron chi connectivity index (χ0n) is 19.2. The predicted molar refractivity (Wildman–Crippen MR) is 128 cm³/mol. The van der Waals surface area contributed by atoms with Gasteiger partial charge in [-0.15, -0.1) is 0 Å². The van der Waals surface area contributed by atoms with Crippen molar-refractivity contribution in [2.24, 2.45) is 0 Å². The number of carbonyl (C=O) groups excluding carboxylic acids is 3. The molecular weight excluding hydrogens is 468 g/mol. The Balaban J connectivity index is 1.15. The van der Waals surface area contributed by atoms with Crippen LogP contribution in [0, 0.1) is 0 Å². The normalized spacial score (nSPS) is 24.7. The van der Waals surface area contributed by atoms with Gasteiger partial charge < -0.3 is 19.1 Å². The Morgan fingerprint density at radius 2 is 1.91 bits per heavy atom. The first-order valence-corrected chi connectivity index (χ1v) is 12.9. The summed E-state index contributed by atoms with van der Waals surface area (Å²) in [5, 5.41) is 0. The van der Waals surface area contributed by atoms with Crippen molar-refractivity contribution in [3.63, 3.8) is 0 Å². The van der Waals surface area contributed by atoms with Crippen LogP contribution in [-0.2, 0) is 19.1 Å². The molecule has 2 saturated heterocycles. The molecular formula is C26H26N2O6S. The summed E-state index contributed by atoms with van der Waals surface area (Å²) >= 11 is 1.34. The summed E-state index contributed by atoms with van der Waals surface area (Å²) in [6, 6.07) is 13.2. The van der Waals surface area contributed by atoms with Gasteiger partial charge in [-0.2, -0.15) is 0 Å². The van der Waals surface area contributed by atoms with E-state index in [9.17, 15) is 14.4 Å². The minimum absolute atomic E-state index is 0.0975. The average Bonchev–Trinajstić information content (AvgIpc) is 3.52.